The number of carbonyl (C=O) groups excluding carboxylic acids is 2. The van der Waals surface area contributed by atoms with Gasteiger partial charge >= 0.3 is 0 Å². The van der Waals surface area contributed by atoms with E-state index in [0.717, 1.165) is 5.56 Å². The Morgan fingerprint density at radius 1 is 1.42 bits per heavy atom. The van der Waals surface area contributed by atoms with Crippen LogP contribution in [0.2, 0.25) is 0 Å². The normalized spacial score (nSPS) is 24.0. The van der Waals surface area contributed by atoms with E-state index in [2.05, 4.69) is 0 Å². The fourth-order valence-corrected chi connectivity index (χ4v) is 5.98. The summed E-state index contributed by atoms with van der Waals surface area (Å²) in [6.45, 7) is 3.86. The number of nitrogens with zero attached hydrogens (tertiary/aromatic N) is 2. The Balaban J connectivity index is 1.79. The van der Waals surface area contributed by atoms with Crippen LogP contribution in [0.15, 0.2) is 16.7 Å². The Labute approximate surface area is 141 Å². The van der Waals surface area contributed by atoms with E-state index in [9.17, 15) is 18.0 Å². The lowest BCUT2D eigenvalue weighted by atomic mass is 9.82. The number of hydrogen-bond acceptors (Lipinski definition) is 5. The first-order chi connectivity index (χ1) is 11.2. The highest BCUT2D eigenvalue weighted by Crippen LogP contribution is 2.45. The molecule has 132 valence electrons. The molecule has 3 heterocycles. The Bertz CT molecular complexity index is 776. The number of hydrogen-bond donors (Lipinski definition) is 0. The summed E-state index contributed by atoms with van der Waals surface area (Å²) in [6, 6.07) is 1.83. The van der Waals surface area contributed by atoms with Crippen LogP contribution in [-0.2, 0) is 26.0 Å². The van der Waals surface area contributed by atoms with E-state index in [-0.39, 0.29) is 30.7 Å². The average molecular weight is 354 g/mol. The van der Waals surface area contributed by atoms with Crippen LogP contribution < -0.4 is 0 Å². The molecule has 0 saturated carbocycles. The van der Waals surface area contributed by atoms with Gasteiger partial charge in [-0.25, -0.2) is 8.42 Å². The minimum absolute atomic E-state index is 0.00275. The summed E-state index contributed by atoms with van der Waals surface area (Å²) in [4.78, 5) is 27.3. The number of likely N-dealkylation sites (tertiary alicyclic amines) is 1. The molecule has 1 spiro atoms. The molecule has 0 aromatic carbocycles. The van der Waals surface area contributed by atoms with Crippen LogP contribution in [0.1, 0.15) is 24.7 Å². The van der Waals surface area contributed by atoms with E-state index in [1.54, 1.807) is 13.3 Å². The zero-order valence-electron chi connectivity index (χ0n) is 14.1. The molecule has 1 aromatic heterocycles. The average Bonchev–Trinajstić information content (AvgIpc) is 2.96. The van der Waals surface area contributed by atoms with Gasteiger partial charge in [0.25, 0.3) is 0 Å². The number of rotatable bonds is 3. The van der Waals surface area contributed by atoms with E-state index in [1.165, 1.54) is 16.7 Å². The molecule has 1 atom stereocenters. The summed E-state index contributed by atoms with van der Waals surface area (Å²) < 4.78 is 29.3. The first kappa shape index (κ1) is 17.0. The summed E-state index contributed by atoms with van der Waals surface area (Å²) in [5.41, 5.74) is 0.954. The molecule has 1 aromatic rings. The highest BCUT2D eigenvalue weighted by Gasteiger charge is 2.64. The molecule has 0 N–H and O–H groups in total. The van der Waals surface area contributed by atoms with E-state index in [4.69, 9.17) is 4.42 Å². The summed E-state index contributed by atoms with van der Waals surface area (Å²) in [6.07, 6.45) is 1.88. The van der Waals surface area contributed by atoms with Gasteiger partial charge in [-0.3, -0.25) is 9.59 Å². The summed E-state index contributed by atoms with van der Waals surface area (Å²) in [7, 11) is -1.72. The van der Waals surface area contributed by atoms with Crippen molar-refractivity contribution in [3.05, 3.63) is 23.7 Å². The molecule has 0 radical (unpaired) electrons. The Morgan fingerprint density at radius 3 is 2.62 bits per heavy atom. The van der Waals surface area contributed by atoms with Crippen molar-refractivity contribution in [2.75, 3.05) is 25.9 Å². The van der Waals surface area contributed by atoms with Gasteiger partial charge < -0.3 is 14.2 Å². The van der Waals surface area contributed by atoms with Crippen molar-refractivity contribution in [1.29, 1.82) is 0 Å². The van der Waals surface area contributed by atoms with E-state index in [0.29, 0.717) is 18.7 Å². The summed E-state index contributed by atoms with van der Waals surface area (Å²) >= 11 is 0. The third-order valence-corrected chi connectivity index (χ3v) is 7.87. The molecule has 2 fully saturated rings. The maximum Gasteiger partial charge on any atom is 0.227 e. The monoisotopic (exact) mass is 354 g/mol. The maximum atomic E-state index is 12.9. The summed E-state index contributed by atoms with van der Waals surface area (Å²) in [5.74, 6) is -0.260. The molecule has 2 amide bonds. The van der Waals surface area contributed by atoms with Crippen molar-refractivity contribution in [2.45, 2.75) is 31.6 Å². The third-order valence-electron chi connectivity index (χ3n) is 5.32. The second-order valence-corrected chi connectivity index (χ2v) is 9.27. The van der Waals surface area contributed by atoms with Gasteiger partial charge in [-0.1, -0.05) is 0 Å². The quantitative estimate of drug-likeness (QED) is 0.792. The van der Waals surface area contributed by atoms with E-state index in [1.807, 2.05) is 13.0 Å². The van der Waals surface area contributed by atoms with Crippen LogP contribution in [-0.4, -0.2) is 60.7 Å². The van der Waals surface area contributed by atoms with Gasteiger partial charge in [0.2, 0.25) is 11.8 Å². The number of aryl methyl sites for hydroxylation is 1. The van der Waals surface area contributed by atoms with Gasteiger partial charge in [-0.15, -0.1) is 0 Å². The third kappa shape index (κ3) is 2.44. The van der Waals surface area contributed by atoms with Gasteiger partial charge in [0.15, 0.2) is 9.84 Å². The first-order valence-electron chi connectivity index (χ1n) is 7.94. The summed E-state index contributed by atoms with van der Waals surface area (Å²) in [5, 5.41) is 0. The van der Waals surface area contributed by atoms with Gasteiger partial charge in [0, 0.05) is 27.1 Å². The van der Waals surface area contributed by atoms with Crippen LogP contribution in [0.5, 0.6) is 0 Å². The zero-order chi connectivity index (χ0) is 17.7. The molecule has 2 aliphatic heterocycles. The lowest BCUT2D eigenvalue weighted by Crippen LogP contribution is -2.69. The topological polar surface area (TPSA) is 87.9 Å². The molecule has 2 aliphatic rings. The smallest absolute Gasteiger partial charge is 0.227 e. The predicted molar refractivity (Wildman–Crippen MR) is 86.8 cm³/mol. The fourth-order valence-electron chi connectivity index (χ4n) is 3.67. The standard InChI is InChI=1S/C16H22N2O5S/c1-11-4-6-23-14(11)8-17(3)15(20)13-5-7-24(21,22)16(13)9-18(10-16)12(2)19/h4,6,13H,5,7-10H2,1-3H3. The van der Waals surface area contributed by atoms with Crippen molar-refractivity contribution in [3.8, 4) is 0 Å². The highest BCUT2D eigenvalue weighted by molar-refractivity contribution is 7.93. The van der Waals surface area contributed by atoms with Crippen LogP contribution in [0.4, 0.5) is 0 Å². The van der Waals surface area contributed by atoms with Gasteiger partial charge in [0.1, 0.15) is 10.5 Å². The molecular weight excluding hydrogens is 332 g/mol. The molecular formula is C16H22N2O5S. The molecule has 8 heteroatoms. The van der Waals surface area contributed by atoms with E-state index < -0.39 is 20.5 Å². The largest absolute Gasteiger partial charge is 0.467 e. The first-order valence-corrected chi connectivity index (χ1v) is 9.59. The van der Waals surface area contributed by atoms with Crippen molar-refractivity contribution < 1.29 is 22.4 Å². The lowest BCUT2D eigenvalue weighted by Gasteiger charge is -2.49. The van der Waals surface area contributed by atoms with Crippen LogP contribution in [0.25, 0.3) is 0 Å². The molecule has 1 unspecified atom stereocenters. The predicted octanol–water partition coefficient (Wildman–Crippen LogP) is 0.582. The molecule has 0 aliphatic carbocycles. The molecule has 3 rings (SSSR count). The van der Waals surface area contributed by atoms with Crippen LogP contribution in [0, 0.1) is 12.8 Å². The minimum atomic E-state index is -3.38. The zero-order valence-corrected chi connectivity index (χ0v) is 14.9. The van der Waals surface area contributed by atoms with E-state index >= 15 is 0 Å². The van der Waals surface area contributed by atoms with Crippen molar-refractivity contribution in [1.82, 2.24) is 9.80 Å². The maximum absolute atomic E-state index is 12.9. The highest BCUT2D eigenvalue weighted by atomic mass is 32.2. The second-order valence-electron chi connectivity index (χ2n) is 6.82. The molecule has 24 heavy (non-hydrogen) atoms. The van der Waals surface area contributed by atoms with Gasteiger partial charge in [-0.05, 0) is 25.0 Å². The number of furan rings is 1. The fraction of sp³-hybridized carbons (Fsp3) is 0.625. The lowest BCUT2D eigenvalue weighted by molar-refractivity contribution is -0.143. The van der Waals surface area contributed by atoms with Gasteiger partial charge in [-0.2, -0.15) is 0 Å². The number of sulfone groups is 1. The minimum Gasteiger partial charge on any atom is -0.467 e. The Morgan fingerprint density at radius 2 is 2.08 bits per heavy atom. The molecule has 0 bridgehead atoms. The Hall–Kier alpha value is -1.83. The van der Waals surface area contributed by atoms with Crippen LogP contribution in [0.3, 0.4) is 0 Å². The Kier molecular flexibility index (Phi) is 3.98. The number of carbonyl (C=O) groups is 2. The second kappa shape index (κ2) is 5.61. The molecule has 7 nitrogen and oxygen atoms in total. The van der Waals surface area contributed by atoms with Crippen molar-refractivity contribution in [2.24, 2.45) is 5.92 Å². The van der Waals surface area contributed by atoms with Crippen molar-refractivity contribution >= 4 is 21.7 Å². The van der Waals surface area contributed by atoms with Crippen LogP contribution >= 0.6 is 0 Å². The van der Waals surface area contributed by atoms with Gasteiger partial charge in [0.05, 0.1) is 24.5 Å². The molecule has 2 saturated heterocycles. The van der Waals surface area contributed by atoms with Crippen molar-refractivity contribution in [3.63, 3.8) is 0 Å². The SMILES string of the molecule is CC(=O)N1CC2(C1)C(C(=O)N(C)Cc1occc1C)CCS2(=O)=O. The number of amides is 2.